The molecular formula is C16H25N3O2. The summed E-state index contributed by atoms with van der Waals surface area (Å²) in [5.74, 6) is 0.626. The van der Waals surface area contributed by atoms with Gasteiger partial charge in [0, 0.05) is 13.1 Å². The Morgan fingerprint density at radius 1 is 1.48 bits per heavy atom. The summed E-state index contributed by atoms with van der Waals surface area (Å²) in [6.07, 6.45) is 1.81. The summed E-state index contributed by atoms with van der Waals surface area (Å²) >= 11 is 0. The van der Waals surface area contributed by atoms with Gasteiger partial charge in [-0.2, -0.15) is 0 Å². The molecular weight excluding hydrogens is 266 g/mol. The van der Waals surface area contributed by atoms with Crippen LogP contribution in [0.4, 0.5) is 5.82 Å². The minimum atomic E-state index is -0.0917. The van der Waals surface area contributed by atoms with E-state index in [2.05, 4.69) is 31.1 Å². The fraction of sp³-hybridized carbons (Fsp3) is 0.625. The van der Waals surface area contributed by atoms with Crippen LogP contribution in [0.25, 0.3) is 0 Å². The highest BCUT2D eigenvalue weighted by atomic mass is 16.3. The Hall–Kier alpha value is -1.62. The quantitative estimate of drug-likeness (QED) is 0.892. The number of nitrogens with zero attached hydrogens (tertiary/aromatic N) is 2. The smallest absolute Gasteiger partial charge is 0.272 e. The largest absolute Gasteiger partial charge is 0.394 e. The predicted octanol–water partition coefficient (Wildman–Crippen LogP) is 2.14. The molecule has 0 spiro atoms. The fourth-order valence-corrected chi connectivity index (χ4v) is 2.45. The lowest BCUT2D eigenvalue weighted by atomic mass is 9.97. The topological polar surface area (TPSA) is 65.5 Å². The molecule has 1 aromatic rings. The summed E-state index contributed by atoms with van der Waals surface area (Å²) in [5.41, 5.74) is 0.591. The molecule has 0 unspecified atom stereocenters. The number of carbonyl (C=O) groups excluding carboxylic acids is 1. The minimum Gasteiger partial charge on any atom is -0.394 e. The number of pyridine rings is 1. The second kappa shape index (κ2) is 6.43. The van der Waals surface area contributed by atoms with Crippen LogP contribution >= 0.6 is 0 Å². The van der Waals surface area contributed by atoms with Gasteiger partial charge in [0.25, 0.3) is 5.91 Å². The van der Waals surface area contributed by atoms with Crippen LogP contribution in [0.1, 0.15) is 44.1 Å². The average molecular weight is 291 g/mol. The first-order chi connectivity index (χ1) is 9.90. The molecule has 0 bridgehead atoms. The molecule has 0 aliphatic carbocycles. The number of aliphatic hydroxyl groups is 1. The molecule has 116 valence electrons. The Labute approximate surface area is 126 Å². The van der Waals surface area contributed by atoms with Crippen LogP contribution in [0.5, 0.6) is 0 Å². The van der Waals surface area contributed by atoms with Crippen LogP contribution in [0, 0.1) is 5.41 Å². The normalized spacial score (nSPS) is 18.9. The maximum Gasteiger partial charge on any atom is 0.272 e. The van der Waals surface area contributed by atoms with Crippen LogP contribution in [-0.2, 0) is 0 Å². The molecule has 0 aromatic carbocycles. The van der Waals surface area contributed by atoms with Gasteiger partial charge in [-0.1, -0.05) is 26.8 Å². The first-order valence-electron chi connectivity index (χ1n) is 7.53. The Morgan fingerprint density at radius 2 is 2.24 bits per heavy atom. The second-order valence-electron chi connectivity index (χ2n) is 6.80. The van der Waals surface area contributed by atoms with E-state index in [0.29, 0.717) is 12.2 Å². The lowest BCUT2D eigenvalue weighted by Gasteiger charge is -2.23. The summed E-state index contributed by atoms with van der Waals surface area (Å²) < 4.78 is 0. The van der Waals surface area contributed by atoms with Crippen molar-refractivity contribution in [3.8, 4) is 0 Å². The lowest BCUT2D eigenvalue weighted by molar-refractivity contribution is 0.0672. The van der Waals surface area contributed by atoms with Crippen molar-refractivity contribution in [2.75, 3.05) is 25.0 Å². The van der Waals surface area contributed by atoms with E-state index in [1.807, 2.05) is 12.1 Å². The molecule has 2 rings (SSSR count). The van der Waals surface area contributed by atoms with E-state index in [1.54, 1.807) is 11.0 Å². The van der Waals surface area contributed by atoms with Crippen molar-refractivity contribution in [1.82, 2.24) is 9.88 Å². The number of rotatable bonds is 4. The average Bonchev–Trinajstić information content (AvgIpc) is 2.92. The first-order valence-corrected chi connectivity index (χ1v) is 7.53. The highest BCUT2D eigenvalue weighted by Crippen LogP contribution is 2.20. The molecule has 5 heteroatoms. The van der Waals surface area contributed by atoms with E-state index in [0.717, 1.165) is 25.2 Å². The minimum absolute atomic E-state index is 0.0215. The Bertz CT molecular complexity index is 497. The zero-order valence-corrected chi connectivity index (χ0v) is 13.1. The van der Waals surface area contributed by atoms with E-state index >= 15 is 0 Å². The zero-order valence-electron chi connectivity index (χ0n) is 13.1. The highest BCUT2D eigenvalue weighted by Gasteiger charge is 2.29. The number of amides is 1. The third kappa shape index (κ3) is 4.17. The van der Waals surface area contributed by atoms with Gasteiger partial charge in [-0.15, -0.1) is 0 Å². The third-order valence-electron chi connectivity index (χ3n) is 3.62. The number of carbonyl (C=O) groups is 1. The number of hydrogen-bond acceptors (Lipinski definition) is 4. The van der Waals surface area contributed by atoms with E-state index in [4.69, 9.17) is 0 Å². The Morgan fingerprint density at radius 3 is 2.90 bits per heavy atom. The van der Waals surface area contributed by atoms with E-state index < -0.39 is 0 Å². The first kappa shape index (κ1) is 15.8. The van der Waals surface area contributed by atoms with Gasteiger partial charge in [-0.3, -0.25) is 4.79 Å². The van der Waals surface area contributed by atoms with Gasteiger partial charge in [0.1, 0.15) is 11.5 Å². The molecule has 1 aliphatic rings. The number of aromatic nitrogens is 1. The number of aliphatic hydroxyl groups excluding tert-OH is 1. The summed E-state index contributed by atoms with van der Waals surface area (Å²) in [6, 6.07) is 5.38. The summed E-state index contributed by atoms with van der Waals surface area (Å²) in [4.78, 5) is 18.6. The predicted molar refractivity (Wildman–Crippen MR) is 83.3 cm³/mol. The number of likely N-dealkylation sites (tertiary alicyclic amines) is 1. The monoisotopic (exact) mass is 291 g/mol. The van der Waals surface area contributed by atoms with Crippen molar-refractivity contribution in [2.24, 2.45) is 5.41 Å². The van der Waals surface area contributed by atoms with Gasteiger partial charge < -0.3 is 15.3 Å². The van der Waals surface area contributed by atoms with Crippen LogP contribution < -0.4 is 5.32 Å². The van der Waals surface area contributed by atoms with Gasteiger partial charge in [-0.05, 0) is 30.4 Å². The van der Waals surface area contributed by atoms with Crippen LogP contribution in [0.15, 0.2) is 18.2 Å². The molecule has 21 heavy (non-hydrogen) atoms. The standard InChI is InChI=1S/C16H25N3O2/c1-16(2,3)11-17-14-8-4-7-13(18-14)15(21)19-9-5-6-12(19)10-20/h4,7-8,12,20H,5-6,9-11H2,1-3H3,(H,17,18)/t12-/m1/s1. The van der Waals surface area contributed by atoms with E-state index in [1.165, 1.54) is 0 Å². The number of hydrogen-bond donors (Lipinski definition) is 2. The maximum absolute atomic E-state index is 12.5. The Balaban J connectivity index is 2.08. The summed E-state index contributed by atoms with van der Waals surface area (Å²) in [6.45, 7) is 7.95. The number of nitrogens with one attached hydrogen (secondary N) is 1. The van der Waals surface area contributed by atoms with E-state index in [-0.39, 0.29) is 24.0 Å². The zero-order chi connectivity index (χ0) is 15.5. The maximum atomic E-state index is 12.5. The van der Waals surface area contributed by atoms with Gasteiger partial charge in [0.05, 0.1) is 12.6 Å². The number of anilines is 1. The van der Waals surface area contributed by atoms with Crippen molar-refractivity contribution in [3.63, 3.8) is 0 Å². The second-order valence-corrected chi connectivity index (χ2v) is 6.80. The highest BCUT2D eigenvalue weighted by molar-refractivity contribution is 5.93. The van der Waals surface area contributed by atoms with Gasteiger partial charge in [-0.25, -0.2) is 4.98 Å². The van der Waals surface area contributed by atoms with Crippen molar-refractivity contribution >= 4 is 11.7 Å². The molecule has 0 radical (unpaired) electrons. The van der Waals surface area contributed by atoms with Crippen molar-refractivity contribution in [3.05, 3.63) is 23.9 Å². The summed E-state index contributed by atoms with van der Waals surface area (Å²) in [7, 11) is 0. The van der Waals surface area contributed by atoms with Crippen molar-refractivity contribution < 1.29 is 9.90 Å². The van der Waals surface area contributed by atoms with Crippen LogP contribution in [-0.4, -0.2) is 46.6 Å². The van der Waals surface area contributed by atoms with Crippen LogP contribution in [0.2, 0.25) is 0 Å². The third-order valence-corrected chi connectivity index (χ3v) is 3.62. The van der Waals surface area contributed by atoms with Crippen molar-refractivity contribution in [2.45, 2.75) is 39.7 Å². The van der Waals surface area contributed by atoms with Crippen LogP contribution in [0.3, 0.4) is 0 Å². The molecule has 5 nitrogen and oxygen atoms in total. The SMILES string of the molecule is CC(C)(C)CNc1cccc(C(=O)N2CCC[C@@H]2CO)n1. The van der Waals surface area contributed by atoms with Gasteiger partial charge >= 0.3 is 0 Å². The molecule has 1 fully saturated rings. The lowest BCUT2D eigenvalue weighted by Crippen LogP contribution is -2.38. The molecule has 1 saturated heterocycles. The summed E-state index contributed by atoms with van der Waals surface area (Å²) in [5, 5.41) is 12.6. The molecule has 1 aliphatic heterocycles. The molecule has 1 atom stereocenters. The van der Waals surface area contributed by atoms with Gasteiger partial charge in [0.2, 0.25) is 0 Å². The van der Waals surface area contributed by atoms with E-state index in [9.17, 15) is 9.90 Å². The molecule has 2 N–H and O–H groups in total. The molecule has 0 saturated carbocycles. The van der Waals surface area contributed by atoms with Gasteiger partial charge in [0.15, 0.2) is 0 Å². The fourth-order valence-electron chi connectivity index (χ4n) is 2.45. The molecule has 2 heterocycles. The molecule has 1 aromatic heterocycles. The Kier molecular flexibility index (Phi) is 4.83. The molecule has 1 amide bonds. The van der Waals surface area contributed by atoms with Crippen molar-refractivity contribution in [1.29, 1.82) is 0 Å².